The van der Waals surface area contributed by atoms with Crippen LogP contribution in [-0.2, 0) is 10.0 Å². The first-order valence-corrected chi connectivity index (χ1v) is 10.2. The molecule has 2 heterocycles. The van der Waals surface area contributed by atoms with Gasteiger partial charge in [-0.05, 0) is 25.0 Å². The lowest BCUT2D eigenvalue weighted by Crippen LogP contribution is -2.44. The molecular formula is C18H23N3O6S. The van der Waals surface area contributed by atoms with E-state index in [-0.39, 0.29) is 23.6 Å². The number of hydrogen-bond acceptors (Lipinski definition) is 8. The third kappa shape index (κ3) is 4.28. The molecule has 152 valence electrons. The van der Waals surface area contributed by atoms with Crippen molar-refractivity contribution in [2.45, 2.75) is 23.8 Å². The number of piperidine rings is 1. The molecule has 1 unspecified atom stereocenters. The van der Waals surface area contributed by atoms with E-state index in [2.05, 4.69) is 9.97 Å². The Kier molecular flexibility index (Phi) is 6.20. The third-order valence-electron chi connectivity index (χ3n) is 4.41. The summed E-state index contributed by atoms with van der Waals surface area (Å²) in [6.45, 7) is 0.645. The van der Waals surface area contributed by atoms with Gasteiger partial charge in [0.1, 0.15) is 6.10 Å². The quantitative estimate of drug-likeness (QED) is 0.682. The van der Waals surface area contributed by atoms with E-state index in [1.807, 2.05) is 0 Å². The summed E-state index contributed by atoms with van der Waals surface area (Å²) < 4.78 is 48.8. The van der Waals surface area contributed by atoms with Crippen molar-refractivity contribution in [1.82, 2.24) is 14.3 Å². The van der Waals surface area contributed by atoms with Crippen molar-refractivity contribution < 1.29 is 27.4 Å². The highest BCUT2D eigenvalue weighted by molar-refractivity contribution is 7.89. The smallest absolute Gasteiger partial charge is 0.319 e. The summed E-state index contributed by atoms with van der Waals surface area (Å²) in [6.07, 6.45) is 2.62. The maximum atomic E-state index is 13.1. The van der Waals surface area contributed by atoms with E-state index in [1.54, 1.807) is 12.1 Å². The first-order chi connectivity index (χ1) is 13.5. The predicted octanol–water partition coefficient (Wildman–Crippen LogP) is 1.73. The Morgan fingerprint density at radius 2 is 1.86 bits per heavy atom. The first kappa shape index (κ1) is 20.2. The van der Waals surface area contributed by atoms with Gasteiger partial charge in [-0.1, -0.05) is 0 Å². The van der Waals surface area contributed by atoms with Crippen molar-refractivity contribution in [2.24, 2.45) is 0 Å². The lowest BCUT2D eigenvalue weighted by Gasteiger charge is -2.31. The monoisotopic (exact) mass is 409 g/mol. The SMILES string of the molecule is COc1nccc(OC2CCCN(S(=O)(=O)c3ccc(OC)c(OC)c3)C2)n1. The molecule has 10 heteroatoms. The van der Waals surface area contributed by atoms with E-state index in [0.29, 0.717) is 30.3 Å². The maximum Gasteiger partial charge on any atom is 0.319 e. The normalized spacial score (nSPS) is 17.8. The molecule has 0 spiro atoms. The van der Waals surface area contributed by atoms with E-state index in [4.69, 9.17) is 18.9 Å². The molecule has 1 aromatic heterocycles. The summed E-state index contributed by atoms with van der Waals surface area (Å²) in [6, 6.07) is 6.37. The van der Waals surface area contributed by atoms with Gasteiger partial charge in [-0.15, -0.1) is 0 Å². The highest BCUT2D eigenvalue weighted by Crippen LogP contribution is 2.31. The second kappa shape index (κ2) is 8.61. The number of benzene rings is 1. The van der Waals surface area contributed by atoms with Crippen LogP contribution in [0.2, 0.25) is 0 Å². The minimum absolute atomic E-state index is 0.148. The molecular weight excluding hydrogens is 386 g/mol. The Hall–Kier alpha value is -2.59. The van der Waals surface area contributed by atoms with Crippen LogP contribution in [0.3, 0.4) is 0 Å². The van der Waals surface area contributed by atoms with E-state index in [0.717, 1.165) is 6.42 Å². The topological polar surface area (TPSA) is 100 Å². The van der Waals surface area contributed by atoms with Crippen LogP contribution in [0.25, 0.3) is 0 Å². The average molecular weight is 409 g/mol. The number of methoxy groups -OCH3 is 3. The zero-order valence-corrected chi connectivity index (χ0v) is 16.8. The van der Waals surface area contributed by atoms with Gasteiger partial charge in [0.05, 0.1) is 32.8 Å². The Morgan fingerprint density at radius 3 is 2.57 bits per heavy atom. The number of nitrogens with zero attached hydrogens (tertiary/aromatic N) is 3. The highest BCUT2D eigenvalue weighted by atomic mass is 32.2. The molecule has 1 saturated heterocycles. The molecule has 1 aromatic carbocycles. The standard InChI is InChI=1S/C18H23N3O6S/c1-24-15-7-6-14(11-16(15)25-2)28(22,23)21-10-4-5-13(12-21)27-17-8-9-19-18(20-17)26-3/h6-9,11,13H,4-5,10,12H2,1-3H3. The average Bonchev–Trinajstić information content (AvgIpc) is 2.73. The van der Waals surface area contributed by atoms with Crippen molar-refractivity contribution in [3.63, 3.8) is 0 Å². The van der Waals surface area contributed by atoms with Gasteiger partial charge in [-0.3, -0.25) is 0 Å². The van der Waals surface area contributed by atoms with Crippen molar-refractivity contribution in [3.8, 4) is 23.4 Å². The molecule has 1 aliphatic heterocycles. The van der Waals surface area contributed by atoms with Gasteiger partial charge in [-0.2, -0.15) is 9.29 Å². The minimum Gasteiger partial charge on any atom is -0.493 e. The molecule has 0 amide bonds. The summed E-state index contributed by atoms with van der Waals surface area (Å²) in [4.78, 5) is 8.20. The van der Waals surface area contributed by atoms with E-state index in [9.17, 15) is 8.42 Å². The molecule has 1 fully saturated rings. The van der Waals surface area contributed by atoms with Crippen LogP contribution in [0, 0.1) is 0 Å². The highest BCUT2D eigenvalue weighted by Gasteiger charge is 2.32. The zero-order valence-electron chi connectivity index (χ0n) is 16.0. The van der Waals surface area contributed by atoms with E-state index in [1.165, 1.54) is 44.0 Å². The summed E-state index contributed by atoms with van der Waals surface area (Å²) in [5.41, 5.74) is 0. The Balaban J connectivity index is 1.77. The summed E-state index contributed by atoms with van der Waals surface area (Å²) >= 11 is 0. The van der Waals surface area contributed by atoms with Crippen molar-refractivity contribution >= 4 is 10.0 Å². The van der Waals surface area contributed by atoms with Crippen molar-refractivity contribution in [1.29, 1.82) is 0 Å². The molecule has 2 aromatic rings. The number of sulfonamides is 1. The molecule has 0 aliphatic carbocycles. The number of ether oxygens (including phenoxy) is 4. The Morgan fingerprint density at radius 1 is 1.07 bits per heavy atom. The van der Waals surface area contributed by atoms with Crippen LogP contribution in [0.4, 0.5) is 0 Å². The Labute approximate surface area is 164 Å². The second-order valence-corrected chi connectivity index (χ2v) is 8.08. The number of aromatic nitrogens is 2. The predicted molar refractivity (Wildman–Crippen MR) is 101 cm³/mol. The van der Waals surface area contributed by atoms with Gasteiger partial charge in [0.2, 0.25) is 15.9 Å². The molecule has 28 heavy (non-hydrogen) atoms. The van der Waals surface area contributed by atoms with Crippen LogP contribution in [0.15, 0.2) is 35.4 Å². The lowest BCUT2D eigenvalue weighted by atomic mass is 10.1. The summed E-state index contributed by atoms with van der Waals surface area (Å²) in [7, 11) is 0.740. The van der Waals surface area contributed by atoms with Crippen LogP contribution in [0.5, 0.6) is 23.4 Å². The summed E-state index contributed by atoms with van der Waals surface area (Å²) in [5.74, 6) is 1.18. The van der Waals surface area contributed by atoms with Gasteiger partial charge in [0.25, 0.3) is 0 Å². The fourth-order valence-corrected chi connectivity index (χ4v) is 4.53. The molecule has 0 N–H and O–H groups in total. The van der Waals surface area contributed by atoms with Crippen LogP contribution >= 0.6 is 0 Å². The number of rotatable bonds is 7. The Bertz CT molecular complexity index is 921. The molecule has 1 atom stereocenters. The molecule has 0 saturated carbocycles. The molecule has 1 aliphatic rings. The van der Waals surface area contributed by atoms with E-state index >= 15 is 0 Å². The summed E-state index contributed by atoms with van der Waals surface area (Å²) in [5, 5.41) is 0. The van der Waals surface area contributed by atoms with Crippen LogP contribution in [0.1, 0.15) is 12.8 Å². The van der Waals surface area contributed by atoms with Crippen molar-refractivity contribution in [3.05, 3.63) is 30.5 Å². The number of hydrogen-bond donors (Lipinski definition) is 0. The molecule has 3 rings (SSSR count). The van der Waals surface area contributed by atoms with Crippen molar-refractivity contribution in [2.75, 3.05) is 34.4 Å². The maximum absolute atomic E-state index is 13.1. The first-order valence-electron chi connectivity index (χ1n) is 8.73. The van der Waals surface area contributed by atoms with Gasteiger partial charge >= 0.3 is 6.01 Å². The van der Waals surface area contributed by atoms with Crippen LogP contribution in [-0.4, -0.2) is 63.2 Å². The fourth-order valence-electron chi connectivity index (χ4n) is 3.01. The van der Waals surface area contributed by atoms with Gasteiger partial charge in [0, 0.05) is 24.9 Å². The minimum atomic E-state index is -3.70. The van der Waals surface area contributed by atoms with Gasteiger partial charge in [-0.25, -0.2) is 13.4 Å². The third-order valence-corrected chi connectivity index (χ3v) is 6.27. The fraction of sp³-hybridized carbons (Fsp3) is 0.444. The molecule has 9 nitrogen and oxygen atoms in total. The van der Waals surface area contributed by atoms with E-state index < -0.39 is 10.0 Å². The zero-order chi connectivity index (χ0) is 20.1. The van der Waals surface area contributed by atoms with Gasteiger partial charge in [0.15, 0.2) is 11.5 Å². The second-order valence-electron chi connectivity index (χ2n) is 6.14. The molecule has 0 bridgehead atoms. The lowest BCUT2D eigenvalue weighted by molar-refractivity contribution is 0.123. The largest absolute Gasteiger partial charge is 0.493 e. The van der Waals surface area contributed by atoms with Crippen LogP contribution < -0.4 is 18.9 Å². The van der Waals surface area contributed by atoms with Gasteiger partial charge < -0.3 is 18.9 Å². The molecule has 0 radical (unpaired) electrons.